The van der Waals surface area contributed by atoms with Gasteiger partial charge in [0.2, 0.25) is 0 Å². The maximum atomic E-state index is 11.2. The maximum Gasteiger partial charge on any atom is 0.333 e. The summed E-state index contributed by atoms with van der Waals surface area (Å²) in [7, 11) is 3.53. The van der Waals surface area contributed by atoms with E-state index in [-0.39, 0.29) is 5.97 Å². The van der Waals surface area contributed by atoms with Gasteiger partial charge < -0.3 is 9.64 Å². The number of likely N-dealkylation sites (N-methyl/N-ethyl adjacent to an activating group) is 1. The minimum Gasteiger partial charge on any atom is -0.466 e. The van der Waals surface area contributed by atoms with E-state index in [4.69, 9.17) is 0 Å². The zero-order valence-corrected chi connectivity index (χ0v) is 10.7. The van der Waals surface area contributed by atoms with Crippen molar-refractivity contribution in [3.05, 3.63) is 11.6 Å². The third-order valence-electron chi connectivity index (χ3n) is 3.26. The lowest BCUT2D eigenvalue weighted by Crippen LogP contribution is -2.25. The summed E-state index contributed by atoms with van der Waals surface area (Å²) in [5, 5.41) is 0. The lowest BCUT2D eigenvalue weighted by Gasteiger charge is -2.19. The lowest BCUT2D eigenvalue weighted by molar-refractivity contribution is -0.136. The van der Waals surface area contributed by atoms with Gasteiger partial charge in [-0.2, -0.15) is 0 Å². The Labute approximate surface area is 98.5 Å². The fraction of sp³-hybridized carbons (Fsp3) is 0.769. The molecule has 0 aliphatic heterocycles. The van der Waals surface area contributed by atoms with Crippen LogP contribution in [0.4, 0.5) is 0 Å². The van der Waals surface area contributed by atoms with Crippen molar-refractivity contribution in [3.8, 4) is 0 Å². The summed E-state index contributed by atoms with van der Waals surface area (Å²) in [6, 6.07) is 0. The van der Waals surface area contributed by atoms with E-state index in [0.717, 1.165) is 19.0 Å². The van der Waals surface area contributed by atoms with E-state index in [0.29, 0.717) is 5.57 Å². The molecule has 1 aliphatic rings. The van der Waals surface area contributed by atoms with Gasteiger partial charge in [0.05, 0.1) is 7.11 Å². The van der Waals surface area contributed by atoms with Crippen LogP contribution in [0.3, 0.4) is 0 Å². The van der Waals surface area contributed by atoms with Crippen molar-refractivity contribution in [2.45, 2.75) is 32.6 Å². The average Bonchev–Trinajstić information content (AvgIpc) is 2.77. The summed E-state index contributed by atoms with van der Waals surface area (Å²) in [6.07, 6.45) is 7.44. The molecule has 16 heavy (non-hydrogen) atoms. The fourth-order valence-electron chi connectivity index (χ4n) is 2.25. The number of carbonyl (C=O) groups excluding carboxylic acids is 1. The normalized spacial score (nSPS) is 18.1. The number of carbonyl (C=O) groups is 1. The summed E-state index contributed by atoms with van der Waals surface area (Å²) in [6.45, 7) is 3.78. The molecule has 0 aromatic rings. The zero-order chi connectivity index (χ0) is 12.0. The molecule has 1 fully saturated rings. The number of esters is 1. The molecule has 1 rings (SSSR count). The Kier molecular flexibility index (Phi) is 5.53. The SMILES string of the molecule is COC(=O)C(C)=CCN(C)CC1CCCC1. The summed E-state index contributed by atoms with van der Waals surface area (Å²) in [5.41, 5.74) is 0.695. The second-order valence-corrected chi connectivity index (χ2v) is 4.75. The van der Waals surface area contributed by atoms with Crippen LogP contribution in [0.25, 0.3) is 0 Å². The Bertz CT molecular complexity index is 255. The lowest BCUT2D eigenvalue weighted by atomic mass is 10.1. The van der Waals surface area contributed by atoms with Crippen LogP contribution in [0.1, 0.15) is 32.6 Å². The Balaban J connectivity index is 2.27. The fourth-order valence-corrected chi connectivity index (χ4v) is 2.25. The van der Waals surface area contributed by atoms with Crippen molar-refractivity contribution in [1.29, 1.82) is 0 Å². The van der Waals surface area contributed by atoms with Crippen molar-refractivity contribution >= 4 is 5.97 Å². The number of rotatable bonds is 5. The van der Waals surface area contributed by atoms with E-state index < -0.39 is 0 Å². The highest BCUT2D eigenvalue weighted by Gasteiger charge is 2.16. The molecule has 0 heterocycles. The number of hydrogen-bond acceptors (Lipinski definition) is 3. The third kappa shape index (κ3) is 4.35. The highest BCUT2D eigenvalue weighted by Crippen LogP contribution is 2.25. The molecule has 3 nitrogen and oxygen atoms in total. The van der Waals surface area contributed by atoms with Gasteiger partial charge in [0, 0.05) is 18.7 Å². The van der Waals surface area contributed by atoms with Crippen molar-refractivity contribution < 1.29 is 9.53 Å². The van der Waals surface area contributed by atoms with Gasteiger partial charge in [-0.05, 0) is 32.7 Å². The first kappa shape index (κ1) is 13.2. The van der Waals surface area contributed by atoms with Crippen LogP contribution in [0.15, 0.2) is 11.6 Å². The number of methoxy groups -OCH3 is 1. The quantitative estimate of drug-likeness (QED) is 0.531. The van der Waals surface area contributed by atoms with Gasteiger partial charge in [0.1, 0.15) is 0 Å². The smallest absolute Gasteiger partial charge is 0.333 e. The van der Waals surface area contributed by atoms with Crippen LogP contribution >= 0.6 is 0 Å². The first-order chi connectivity index (χ1) is 7.63. The van der Waals surface area contributed by atoms with Crippen LogP contribution in [0.2, 0.25) is 0 Å². The van der Waals surface area contributed by atoms with E-state index in [2.05, 4.69) is 16.7 Å². The molecule has 0 spiro atoms. The molecule has 0 amide bonds. The molecular weight excluding hydrogens is 202 g/mol. The van der Waals surface area contributed by atoms with E-state index in [1.54, 1.807) is 6.92 Å². The Morgan fingerprint density at radius 2 is 2.06 bits per heavy atom. The summed E-state index contributed by atoms with van der Waals surface area (Å²) >= 11 is 0. The van der Waals surface area contributed by atoms with Crippen molar-refractivity contribution in [2.24, 2.45) is 5.92 Å². The molecule has 0 N–H and O–H groups in total. The van der Waals surface area contributed by atoms with Gasteiger partial charge in [-0.3, -0.25) is 0 Å². The number of nitrogens with zero attached hydrogens (tertiary/aromatic N) is 1. The second-order valence-electron chi connectivity index (χ2n) is 4.75. The average molecular weight is 225 g/mol. The molecule has 0 unspecified atom stereocenters. The van der Waals surface area contributed by atoms with Gasteiger partial charge in [-0.15, -0.1) is 0 Å². The second kappa shape index (κ2) is 6.69. The van der Waals surface area contributed by atoms with Crippen LogP contribution in [-0.2, 0) is 9.53 Å². The predicted molar refractivity (Wildman–Crippen MR) is 65.2 cm³/mol. The number of ether oxygens (including phenoxy) is 1. The predicted octanol–water partition coefficient (Wildman–Crippen LogP) is 2.23. The van der Waals surface area contributed by atoms with Crippen LogP contribution < -0.4 is 0 Å². The van der Waals surface area contributed by atoms with Gasteiger partial charge >= 0.3 is 5.97 Å². The van der Waals surface area contributed by atoms with Crippen molar-refractivity contribution in [1.82, 2.24) is 4.90 Å². The highest BCUT2D eigenvalue weighted by molar-refractivity contribution is 5.87. The molecule has 0 atom stereocenters. The van der Waals surface area contributed by atoms with Gasteiger partial charge in [0.25, 0.3) is 0 Å². The molecule has 0 radical (unpaired) electrons. The van der Waals surface area contributed by atoms with Gasteiger partial charge in [0.15, 0.2) is 0 Å². The van der Waals surface area contributed by atoms with Gasteiger partial charge in [-0.1, -0.05) is 18.9 Å². The molecular formula is C13H23NO2. The summed E-state index contributed by atoms with van der Waals surface area (Å²) in [5.74, 6) is 0.631. The molecule has 0 saturated heterocycles. The van der Waals surface area contributed by atoms with E-state index in [1.165, 1.54) is 32.8 Å². The maximum absolute atomic E-state index is 11.2. The first-order valence-electron chi connectivity index (χ1n) is 6.07. The van der Waals surface area contributed by atoms with Crippen LogP contribution in [0.5, 0.6) is 0 Å². The topological polar surface area (TPSA) is 29.5 Å². The minimum absolute atomic E-state index is 0.228. The standard InChI is InChI=1S/C13H23NO2/c1-11(13(15)16-3)8-9-14(2)10-12-6-4-5-7-12/h8,12H,4-7,9-10H2,1-3H3. The molecule has 3 heteroatoms. The van der Waals surface area contributed by atoms with Crippen molar-refractivity contribution in [2.75, 3.05) is 27.2 Å². The highest BCUT2D eigenvalue weighted by atomic mass is 16.5. The largest absolute Gasteiger partial charge is 0.466 e. The van der Waals surface area contributed by atoms with E-state index in [9.17, 15) is 4.79 Å². The molecule has 1 saturated carbocycles. The molecule has 92 valence electrons. The molecule has 0 aromatic heterocycles. The van der Waals surface area contributed by atoms with E-state index in [1.807, 2.05) is 6.08 Å². The Morgan fingerprint density at radius 3 is 2.62 bits per heavy atom. The third-order valence-corrected chi connectivity index (χ3v) is 3.26. The molecule has 0 aromatic carbocycles. The molecule has 0 bridgehead atoms. The minimum atomic E-state index is -0.228. The van der Waals surface area contributed by atoms with Crippen LogP contribution in [-0.4, -0.2) is 38.1 Å². The first-order valence-corrected chi connectivity index (χ1v) is 6.07. The van der Waals surface area contributed by atoms with Crippen LogP contribution in [0, 0.1) is 5.92 Å². The summed E-state index contributed by atoms with van der Waals surface area (Å²) in [4.78, 5) is 13.4. The van der Waals surface area contributed by atoms with E-state index >= 15 is 0 Å². The van der Waals surface area contributed by atoms with Crippen molar-refractivity contribution in [3.63, 3.8) is 0 Å². The summed E-state index contributed by atoms with van der Waals surface area (Å²) < 4.78 is 4.65. The monoisotopic (exact) mass is 225 g/mol. The molecule has 1 aliphatic carbocycles. The van der Waals surface area contributed by atoms with Gasteiger partial charge in [-0.25, -0.2) is 4.79 Å². The zero-order valence-electron chi connectivity index (χ0n) is 10.7. The Hall–Kier alpha value is -0.830. The number of hydrogen-bond donors (Lipinski definition) is 0. The Morgan fingerprint density at radius 1 is 1.44 bits per heavy atom.